The van der Waals surface area contributed by atoms with Crippen LogP contribution in [0, 0.1) is 18.7 Å². The Balaban J connectivity index is 2.03. The van der Waals surface area contributed by atoms with Gasteiger partial charge in [0.25, 0.3) is 5.91 Å². The van der Waals surface area contributed by atoms with Crippen molar-refractivity contribution >= 4 is 5.91 Å². The number of benzene rings is 1. The van der Waals surface area contributed by atoms with E-state index in [2.05, 4.69) is 5.32 Å². The van der Waals surface area contributed by atoms with E-state index >= 15 is 0 Å². The molecule has 2 rings (SSSR count). The van der Waals surface area contributed by atoms with Crippen LogP contribution in [-0.2, 0) is 0 Å². The summed E-state index contributed by atoms with van der Waals surface area (Å²) in [5, 5.41) is 3.34. The lowest BCUT2D eigenvalue weighted by molar-refractivity contribution is 0.0763. The van der Waals surface area contributed by atoms with Gasteiger partial charge in [0, 0.05) is 19.2 Å². The van der Waals surface area contributed by atoms with E-state index in [1.165, 1.54) is 12.1 Å². The van der Waals surface area contributed by atoms with Crippen LogP contribution in [0.25, 0.3) is 0 Å². The van der Waals surface area contributed by atoms with E-state index in [9.17, 15) is 9.18 Å². The molecule has 1 saturated heterocycles. The highest BCUT2D eigenvalue weighted by atomic mass is 19.1. The van der Waals surface area contributed by atoms with Gasteiger partial charge < -0.3 is 10.2 Å². The van der Waals surface area contributed by atoms with Crippen molar-refractivity contribution in [1.29, 1.82) is 0 Å². The summed E-state index contributed by atoms with van der Waals surface area (Å²) >= 11 is 0. The monoisotopic (exact) mass is 264 g/mol. The summed E-state index contributed by atoms with van der Waals surface area (Å²) in [6, 6.07) is 4.36. The van der Waals surface area contributed by atoms with Gasteiger partial charge >= 0.3 is 0 Å². The van der Waals surface area contributed by atoms with Crippen LogP contribution in [0.15, 0.2) is 18.2 Å². The van der Waals surface area contributed by atoms with Crippen molar-refractivity contribution in [2.75, 3.05) is 26.7 Å². The molecule has 0 saturated carbocycles. The predicted octanol–water partition coefficient (Wildman–Crippen LogP) is 2.21. The van der Waals surface area contributed by atoms with Crippen LogP contribution in [-0.4, -0.2) is 37.5 Å². The molecule has 1 unspecified atom stereocenters. The first kappa shape index (κ1) is 14.0. The highest BCUT2D eigenvalue weighted by Crippen LogP contribution is 2.15. The fraction of sp³-hybridized carbons (Fsp3) is 0.533. The van der Waals surface area contributed by atoms with Gasteiger partial charge in [0.2, 0.25) is 0 Å². The van der Waals surface area contributed by atoms with Crippen molar-refractivity contribution in [3.8, 4) is 0 Å². The molecular formula is C15H21FN2O. The zero-order valence-electron chi connectivity index (χ0n) is 11.6. The third-order valence-electron chi connectivity index (χ3n) is 3.71. The molecule has 0 aromatic heterocycles. The minimum atomic E-state index is -0.360. The van der Waals surface area contributed by atoms with Crippen LogP contribution in [0.3, 0.4) is 0 Å². The number of nitrogens with zero attached hydrogens (tertiary/aromatic N) is 1. The van der Waals surface area contributed by atoms with Gasteiger partial charge in [-0.1, -0.05) is 6.07 Å². The van der Waals surface area contributed by atoms with Crippen molar-refractivity contribution in [2.45, 2.75) is 19.8 Å². The van der Waals surface area contributed by atoms with Gasteiger partial charge in [-0.25, -0.2) is 4.39 Å². The Hall–Kier alpha value is -1.42. The summed E-state index contributed by atoms with van der Waals surface area (Å²) in [5.74, 6) is 0.0424. The highest BCUT2D eigenvalue weighted by molar-refractivity contribution is 5.95. The van der Waals surface area contributed by atoms with Crippen LogP contribution < -0.4 is 5.32 Å². The summed E-state index contributed by atoms with van der Waals surface area (Å²) in [6.45, 7) is 4.58. The van der Waals surface area contributed by atoms with Crippen LogP contribution in [0.4, 0.5) is 4.39 Å². The number of halogens is 1. The molecule has 1 fully saturated rings. The molecule has 1 aliphatic rings. The molecule has 1 heterocycles. The zero-order valence-corrected chi connectivity index (χ0v) is 11.6. The first-order chi connectivity index (χ1) is 9.08. The van der Waals surface area contributed by atoms with Crippen molar-refractivity contribution < 1.29 is 9.18 Å². The van der Waals surface area contributed by atoms with Crippen LogP contribution in [0.2, 0.25) is 0 Å². The number of carbonyl (C=O) groups is 1. The standard InChI is InChI=1S/C15H21FN2O/c1-11-5-6-13(16)8-14(11)15(19)18(2)10-12-4-3-7-17-9-12/h5-6,8,12,17H,3-4,7,9-10H2,1-2H3. The number of hydrogen-bond acceptors (Lipinski definition) is 2. The van der Waals surface area contributed by atoms with Gasteiger partial charge in [-0.2, -0.15) is 0 Å². The Bertz CT molecular complexity index is 455. The van der Waals surface area contributed by atoms with E-state index in [1.54, 1.807) is 18.0 Å². The first-order valence-corrected chi connectivity index (χ1v) is 6.80. The highest BCUT2D eigenvalue weighted by Gasteiger charge is 2.20. The van der Waals surface area contributed by atoms with Gasteiger partial charge in [-0.3, -0.25) is 4.79 Å². The maximum atomic E-state index is 13.2. The van der Waals surface area contributed by atoms with E-state index in [0.29, 0.717) is 11.5 Å². The molecule has 1 aliphatic heterocycles. The Labute approximate surface area is 113 Å². The second-order valence-electron chi connectivity index (χ2n) is 5.36. The normalized spacial score (nSPS) is 19.2. The molecule has 1 N–H and O–H groups in total. The molecule has 1 amide bonds. The van der Waals surface area contributed by atoms with E-state index in [-0.39, 0.29) is 11.7 Å². The van der Waals surface area contributed by atoms with Crippen molar-refractivity contribution in [1.82, 2.24) is 10.2 Å². The summed E-state index contributed by atoms with van der Waals surface area (Å²) in [6.07, 6.45) is 2.30. The second-order valence-corrected chi connectivity index (χ2v) is 5.36. The quantitative estimate of drug-likeness (QED) is 0.907. The average Bonchev–Trinajstić information content (AvgIpc) is 2.42. The minimum absolute atomic E-state index is 0.0948. The summed E-state index contributed by atoms with van der Waals surface area (Å²) < 4.78 is 13.2. The molecular weight excluding hydrogens is 243 g/mol. The molecule has 0 radical (unpaired) electrons. The number of hydrogen-bond donors (Lipinski definition) is 1. The van der Waals surface area contributed by atoms with E-state index in [4.69, 9.17) is 0 Å². The van der Waals surface area contributed by atoms with Crippen molar-refractivity contribution in [3.05, 3.63) is 35.1 Å². The molecule has 1 aromatic carbocycles. The number of piperidine rings is 1. The van der Waals surface area contributed by atoms with E-state index < -0.39 is 0 Å². The predicted molar refractivity (Wildman–Crippen MR) is 73.7 cm³/mol. The van der Waals surface area contributed by atoms with Gasteiger partial charge in [-0.15, -0.1) is 0 Å². The average molecular weight is 264 g/mol. The zero-order chi connectivity index (χ0) is 13.8. The molecule has 3 nitrogen and oxygen atoms in total. The maximum absolute atomic E-state index is 13.2. The van der Waals surface area contributed by atoms with Crippen LogP contribution in [0.5, 0.6) is 0 Å². The lowest BCUT2D eigenvalue weighted by atomic mass is 9.98. The van der Waals surface area contributed by atoms with Crippen LogP contribution >= 0.6 is 0 Å². The number of nitrogens with one attached hydrogen (secondary N) is 1. The maximum Gasteiger partial charge on any atom is 0.253 e. The minimum Gasteiger partial charge on any atom is -0.341 e. The largest absolute Gasteiger partial charge is 0.341 e. The Morgan fingerprint density at radius 2 is 2.32 bits per heavy atom. The molecule has 0 bridgehead atoms. The van der Waals surface area contributed by atoms with Crippen molar-refractivity contribution in [3.63, 3.8) is 0 Å². The molecule has 0 aliphatic carbocycles. The van der Waals surface area contributed by atoms with Crippen LogP contribution in [0.1, 0.15) is 28.8 Å². The lowest BCUT2D eigenvalue weighted by Gasteiger charge is -2.28. The topological polar surface area (TPSA) is 32.3 Å². The Morgan fingerprint density at radius 1 is 1.53 bits per heavy atom. The number of rotatable bonds is 3. The molecule has 19 heavy (non-hydrogen) atoms. The molecule has 1 aromatic rings. The summed E-state index contributed by atoms with van der Waals surface area (Å²) in [5.41, 5.74) is 1.28. The van der Waals surface area contributed by atoms with Gasteiger partial charge in [0.15, 0.2) is 0 Å². The molecule has 4 heteroatoms. The number of aryl methyl sites for hydroxylation is 1. The van der Waals surface area contributed by atoms with Crippen molar-refractivity contribution in [2.24, 2.45) is 5.92 Å². The van der Waals surface area contributed by atoms with Gasteiger partial charge in [0.1, 0.15) is 5.82 Å². The van der Waals surface area contributed by atoms with E-state index in [1.807, 2.05) is 6.92 Å². The van der Waals surface area contributed by atoms with Gasteiger partial charge in [-0.05, 0) is 56.5 Å². The third-order valence-corrected chi connectivity index (χ3v) is 3.71. The molecule has 1 atom stereocenters. The lowest BCUT2D eigenvalue weighted by Crippen LogP contribution is -2.39. The SMILES string of the molecule is Cc1ccc(F)cc1C(=O)N(C)CC1CCCNC1. The first-order valence-electron chi connectivity index (χ1n) is 6.80. The fourth-order valence-corrected chi connectivity index (χ4v) is 2.58. The fourth-order valence-electron chi connectivity index (χ4n) is 2.58. The Kier molecular flexibility index (Phi) is 4.53. The Morgan fingerprint density at radius 3 is 3.00 bits per heavy atom. The molecule has 0 spiro atoms. The summed E-state index contributed by atoms with van der Waals surface area (Å²) in [7, 11) is 1.79. The smallest absolute Gasteiger partial charge is 0.253 e. The number of amides is 1. The molecule has 104 valence electrons. The number of carbonyl (C=O) groups excluding carboxylic acids is 1. The van der Waals surface area contributed by atoms with E-state index in [0.717, 1.165) is 38.0 Å². The second kappa shape index (κ2) is 6.15. The third kappa shape index (κ3) is 3.53. The summed E-state index contributed by atoms with van der Waals surface area (Å²) in [4.78, 5) is 14.0. The van der Waals surface area contributed by atoms with Gasteiger partial charge in [0.05, 0.1) is 0 Å².